The molecule has 6 nitrogen and oxygen atoms in total. The second-order valence-electron chi connectivity index (χ2n) is 6.03. The lowest BCUT2D eigenvalue weighted by molar-refractivity contribution is -0.127. The first-order valence-corrected chi connectivity index (χ1v) is 8.32. The first kappa shape index (κ1) is 18.6. The number of hydrogen-bond donors (Lipinski definition) is 1. The standard InChI is InChI=1S/C19H26N4O2/c1-22(2)18(24)14-21-19(23(3)15-17-10-7-13-25-17)20-12-11-16-8-5-4-6-9-16/h4-10,13H,11-12,14-15H2,1-3H3,(H,20,21). The molecule has 1 aromatic carbocycles. The zero-order valence-corrected chi connectivity index (χ0v) is 15.1. The maximum atomic E-state index is 11.8. The van der Waals surface area contributed by atoms with Gasteiger partial charge in [-0.15, -0.1) is 0 Å². The van der Waals surface area contributed by atoms with E-state index in [4.69, 9.17) is 4.42 Å². The summed E-state index contributed by atoms with van der Waals surface area (Å²) in [5.74, 6) is 1.50. The summed E-state index contributed by atoms with van der Waals surface area (Å²) in [5, 5.41) is 3.34. The van der Waals surface area contributed by atoms with E-state index in [1.807, 2.05) is 42.3 Å². The van der Waals surface area contributed by atoms with E-state index in [1.165, 1.54) is 10.5 Å². The van der Waals surface area contributed by atoms with Crippen molar-refractivity contribution in [3.8, 4) is 0 Å². The molecule has 2 rings (SSSR count). The van der Waals surface area contributed by atoms with Crippen LogP contribution in [0.4, 0.5) is 0 Å². The molecule has 6 heteroatoms. The Kier molecular flexibility index (Phi) is 7.07. The lowest BCUT2D eigenvalue weighted by Gasteiger charge is -2.22. The van der Waals surface area contributed by atoms with Gasteiger partial charge in [-0.25, -0.2) is 4.99 Å². The number of nitrogens with one attached hydrogen (secondary N) is 1. The summed E-state index contributed by atoms with van der Waals surface area (Å²) < 4.78 is 5.39. The van der Waals surface area contributed by atoms with Crippen LogP contribution in [-0.2, 0) is 17.8 Å². The molecule has 0 atom stereocenters. The molecular weight excluding hydrogens is 316 g/mol. The Morgan fingerprint density at radius 2 is 1.88 bits per heavy atom. The van der Waals surface area contributed by atoms with Crippen molar-refractivity contribution in [3.63, 3.8) is 0 Å². The zero-order chi connectivity index (χ0) is 18.1. The summed E-state index contributed by atoms with van der Waals surface area (Å²) in [6.07, 6.45) is 2.54. The molecule has 0 aliphatic heterocycles. The van der Waals surface area contributed by atoms with Crippen LogP contribution in [0.3, 0.4) is 0 Å². The van der Waals surface area contributed by atoms with Gasteiger partial charge in [0.1, 0.15) is 12.3 Å². The lowest BCUT2D eigenvalue weighted by Crippen LogP contribution is -2.40. The van der Waals surface area contributed by atoms with Crippen molar-refractivity contribution in [3.05, 3.63) is 60.1 Å². The van der Waals surface area contributed by atoms with Gasteiger partial charge in [0.05, 0.1) is 12.8 Å². The highest BCUT2D eigenvalue weighted by atomic mass is 16.3. The van der Waals surface area contributed by atoms with E-state index in [0.29, 0.717) is 12.5 Å². The Morgan fingerprint density at radius 3 is 2.52 bits per heavy atom. The summed E-state index contributed by atoms with van der Waals surface area (Å²) in [7, 11) is 5.39. The number of guanidine groups is 1. The van der Waals surface area contributed by atoms with Gasteiger partial charge in [0, 0.05) is 27.7 Å². The average molecular weight is 342 g/mol. The smallest absolute Gasteiger partial charge is 0.243 e. The molecule has 0 unspecified atom stereocenters. The normalized spacial score (nSPS) is 11.2. The average Bonchev–Trinajstić information content (AvgIpc) is 3.11. The van der Waals surface area contributed by atoms with E-state index in [0.717, 1.165) is 18.7 Å². The molecule has 1 heterocycles. The molecule has 0 bridgehead atoms. The van der Waals surface area contributed by atoms with Gasteiger partial charge < -0.3 is 19.5 Å². The van der Waals surface area contributed by atoms with Crippen molar-refractivity contribution in [2.24, 2.45) is 4.99 Å². The third-order valence-corrected chi connectivity index (χ3v) is 3.74. The Balaban J connectivity index is 1.97. The molecule has 1 amide bonds. The monoisotopic (exact) mass is 342 g/mol. The molecule has 1 aromatic heterocycles. The number of amides is 1. The topological polar surface area (TPSA) is 61.1 Å². The third kappa shape index (κ3) is 6.33. The second kappa shape index (κ2) is 9.52. The van der Waals surface area contributed by atoms with Crippen LogP contribution in [0.2, 0.25) is 0 Å². The maximum Gasteiger partial charge on any atom is 0.243 e. The van der Waals surface area contributed by atoms with Gasteiger partial charge in [0.25, 0.3) is 0 Å². The highest BCUT2D eigenvalue weighted by molar-refractivity contribution is 5.84. The number of carbonyl (C=O) groups excluding carboxylic acids is 1. The van der Waals surface area contributed by atoms with Crippen molar-refractivity contribution in [1.82, 2.24) is 15.1 Å². The molecule has 0 saturated carbocycles. The molecule has 0 spiro atoms. The van der Waals surface area contributed by atoms with Crippen LogP contribution < -0.4 is 5.32 Å². The first-order valence-electron chi connectivity index (χ1n) is 8.32. The van der Waals surface area contributed by atoms with Gasteiger partial charge >= 0.3 is 0 Å². The van der Waals surface area contributed by atoms with Crippen LogP contribution in [0, 0.1) is 0 Å². The molecule has 0 radical (unpaired) electrons. The van der Waals surface area contributed by atoms with Crippen molar-refractivity contribution < 1.29 is 9.21 Å². The van der Waals surface area contributed by atoms with Crippen LogP contribution in [0.1, 0.15) is 11.3 Å². The van der Waals surface area contributed by atoms with E-state index >= 15 is 0 Å². The molecular formula is C19H26N4O2. The second-order valence-corrected chi connectivity index (χ2v) is 6.03. The number of carbonyl (C=O) groups is 1. The fourth-order valence-corrected chi connectivity index (χ4v) is 2.27. The number of rotatable bonds is 7. The van der Waals surface area contributed by atoms with Gasteiger partial charge in [-0.05, 0) is 24.1 Å². The maximum absolute atomic E-state index is 11.8. The van der Waals surface area contributed by atoms with Gasteiger partial charge in [0.2, 0.25) is 5.91 Å². The van der Waals surface area contributed by atoms with Crippen LogP contribution in [0.25, 0.3) is 0 Å². The fourth-order valence-electron chi connectivity index (χ4n) is 2.27. The highest BCUT2D eigenvalue weighted by Crippen LogP contribution is 2.04. The highest BCUT2D eigenvalue weighted by Gasteiger charge is 2.10. The number of nitrogens with zero attached hydrogens (tertiary/aromatic N) is 3. The molecule has 0 saturated heterocycles. The molecule has 1 N–H and O–H groups in total. The number of likely N-dealkylation sites (N-methyl/N-ethyl adjacent to an activating group) is 1. The molecule has 134 valence electrons. The predicted octanol–water partition coefficient (Wildman–Crippen LogP) is 1.99. The van der Waals surface area contributed by atoms with Crippen LogP contribution in [0.5, 0.6) is 0 Å². The Bertz CT molecular complexity index is 666. The van der Waals surface area contributed by atoms with Crippen molar-refractivity contribution in [2.45, 2.75) is 13.0 Å². The Hall–Kier alpha value is -2.76. The first-order chi connectivity index (χ1) is 12.1. The predicted molar refractivity (Wildman–Crippen MR) is 99.3 cm³/mol. The Labute approximate surface area is 149 Å². The fraction of sp³-hybridized carbons (Fsp3) is 0.368. The molecule has 0 aliphatic rings. The zero-order valence-electron chi connectivity index (χ0n) is 15.1. The Morgan fingerprint density at radius 1 is 1.12 bits per heavy atom. The molecule has 2 aromatic rings. The summed E-state index contributed by atoms with van der Waals surface area (Å²) >= 11 is 0. The quantitative estimate of drug-likeness (QED) is 0.617. The van der Waals surface area contributed by atoms with E-state index in [-0.39, 0.29) is 12.5 Å². The number of furan rings is 1. The van der Waals surface area contributed by atoms with Crippen LogP contribution >= 0.6 is 0 Å². The number of hydrogen-bond acceptors (Lipinski definition) is 3. The number of aliphatic imine (C=N–C) groups is 1. The van der Waals surface area contributed by atoms with Gasteiger partial charge in [-0.1, -0.05) is 30.3 Å². The summed E-state index contributed by atoms with van der Waals surface area (Å²) in [5.41, 5.74) is 1.26. The summed E-state index contributed by atoms with van der Waals surface area (Å²) in [4.78, 5) is 19.8. The minimum absolute atomic E-state index is 0.0336. The van der Waals surface area contributed by atoms with Crippen LogP contribution in [0.15, 0.2) is 58.1 Å². The van der Waals surface area contributed by atoms with E-state index < -0.39 is 0 Å². The number of benzene rings is 1. The SMILES string of the molecule is CN(C)C(=O)CN=C(NCCc1ccccc1)N(C)Cc1ccco1. The minimum Gasteiger partial charge on any atom is -0.467 e. The molecule has 0 fully saturated rings. The van der Waals surface area contributed by atoms with Gasteiger partial charge in [0.15, 0.2) is 5.96 Å². The molecule has 25 heavy (non-hydrogen) atoms. The summed E-state index contributed by atoms with van der Waals surface area (Å²) in [6.45, 7) is 1.44. The van der Waals surface area contributed by atoms with Crippen molar-refractivity contribution in [2.75, 3.05) is 34.2 Å². The minimum atomic E-state index is -0.0336. The third-order valence-electron chi connectivity index (χ3n) is 3.74. The van der Waals surface area contributed by atoms with Gasteiger partial charge in [-0.3, -0.25) is 4.79 Å². The largest absolute Gasteiger partial charge is 0.467 e. The van der Waals surface area contributed by atoms with Gasteiger partial charge in [-0.2, -0.15) is 0 Å². The lowest BCUT2D eigenvalue weighted by atomic mass is 10.1. The van der Waals surface area contributed by atoms with Crippen molar-refractivity contribution >= 4 is 11.9 Å². The van der Waals surface area contributed by atoms with E-state index in [1.54, 1.807) is 20.4 Å². The van der Waals surface area contributed by atoms with E-state index in [9.17, 15) is 4.79 Å². The van der Waals surface area contributed by atoms with Crippen molar-refractivity contribution in [1.29, 1.82) is 0 Å². The van der Waals surface area contributed by atoms with E-state index in [2.05, 4.69) is 22.4 Å². The molecule has 0 aliphatic carbocycles. The van der Waals surface area contributed by atoms with Crippen LogP contribution in [-0.4, -0.2) is 55.9 Å². The summed E-state index contributed by atoms with van der Waals surface area (Å²) in [6, 6.07) is 14.0.